The number of likely N-dealkylation sites (tertiary alicyclic amines) is 2. The van der Waals surface area contributed by atoms with Crippen molar-refractivity contribution in [3.8, 4) is 0 Å². The molecule has 0 aliphatic carbocycles. The second-order valence-electron chi connectivity index (χ2n) is 7.48. The van der Waals surface area contributed by atoms with Gasteiger partial charge in [-0.05, 0) is 37.3 Å². The summed E-state index contributed by atoms with van der Waals surface area (Å²) in [6, 6.07) is 10.8. The van der Waals surface area contributed by atoms with E-state index in [9.17, 15) is 9.90 Å². The zero-order valence-electron chi connectivity index (χ0n) is 14.7. The van der Waals surface area contributed by atoms with Gasteiger partial charge in [0.25, 0.3) is 0 Å². The topological polar surface area (TPSA) is 55.8 Å². The SMILES string of the molecule is CC1CC(CO)CN(C(=O)NC2CCN(C)C2c2ccccc2)C1. The van der Waals surface area contributed by atoms with Gasteiger partial charge in [-0.3, -0.25) is 4.90 Å². The molecule has 0 saturated carbocycles. The Morgan fingerprint density at radius 1 is 1.29 bits per heavy atom. The number of carbonyl (C=O) groups excluding carboxylic acids is 1. The van der Waals surface area contributed by atoms with Crippen molar-refractivity contribution < 1.29 is 9.90 Å². The summed E-state index contributed by atoms with van der Waals surface area (Å²) in [5, 5.41) is 12.7. The molecule has 1 aromatic rings. The van der Waals surface area contributed by atoms with E-state index in [0.717, 1.165) is 25.9 Å². The van der Waals surface area contributed by atoms with Crippen molar-refractivity contribution in [3.63, 3.8) is 0 Å². The smallest absolute Gasteiger partial charge is 0.317 e. The highest BCUT2D eigenvalue weighted by molar-refractivity contribution is 5.75. The van der Waals surface area contributed by atoms with Gasteiger partial charge in [0.05, 0.1) is 12.1 Å². The van der Waals surface area contributed by atoms with Crippen LogP contribution in [0.15, 0.2) is 30.3 Å². The fourth-order valence-corrected chi connectivity index (χ4v) is 4.26. The van der Waals surface area contributed by atoms with Gasteiger partial charge in [0.15, 0.2) is 0 Å². The first-order valence-electron chi connectivity index (χ1n) is 9.00. The molecular formula is C19H29N3O2. The van der Waals surface area contributed by atoms with Gasteiger partial charge in [-0.15, -0.1) is 0 Å². The van der Waals surface area contributed by atoms with Crippen LogP contribution in [0.4, 0.5) is 4.79 Å². The van der Waals surface area contributed by atoms with Crippen LogP contribution < -0.4 is 5.32 Å². The maximum atomic E-state index is 12.8. The van der Waals surface area contributed by atoms with Crippen molar-refractivity contribution in [1.82, 2.24) is 15.1 Å². The van der Waals surface area contributed by atoms with Crippen LogP contribution in [0.25, 0.3) is 0 Å². The fourth-order valence-electron chi connectivity index (χ4n) is 4.26. The molecule has 2 heterocycles. The largest absolute Gasteiger partial charge is 0.396 e. The van der Waals surface area contributed by atoms with E-state index in [-0.39, 0.29) is 30.6 Å². The Bertz CT molecular complexity index is 551. The molecule has 2 saturated heterocycles. The second-order valence-corrected chi connectivity index (χ2v) is 7.48. The number of rotatable bonds is 3. The highest BCUT2D eigenvalue weighted by atomic mass is 16.3. The summed E-state index contributed by atoms with van der Waals surface area (Å²) in [6.07, 6.45) is 1.97. The molecule has 1 aromatic carbocycles. The third-order valence-corrected chi connectivity index (χ3v) is 5.39. The molecule has 0 radical (unpaired) electrons. The van der Waals surface area contributed by atoms with E-state index in [0.29, 0.717) is 12.5 Å². The van der Waals surface area contributed by atoms with Crippen LogP contribution in [0.2, 0.25) is 0 Å². The minimum atomic E-state index is 0.0150. The normalized spacial score (nSPS) is 31.2. The number of aliphatic hydroxyl groups excluding tert-OH is 1. The third-order valence-electron chi connectivity index (χ3n) is 5.39. The predicted octanol–water partition coefficient (Wildman–Crippen LogP) is 2.09. The monoisotopic (exact) mass is 331 g/mol. The number of nitrogens with zero attached hydrogens (tertiary/aromatic N) is 2. The molecule has 24 heavy (non-hydrogen) atoms. The molecule has 0 bridgehead atoms. The Kier molecular flexibility index (Phi) is 5.41. The summed E-state index contributed by atoms with van der Waals surface area (Å²) in [5.41, 5.74) is 1.25. The van der Waals surface area contributed by atoms with Crippen LogP contribution in [0.1, 0.15) is 31.4 Å². The van der Waals surface area contributed by atoms with Crippen molar-refractivity contribution in [1.29, 1.82) is 0 Å². The Hall–Kier alpha value is -1.59. The molecule has 3 rings (SSSR count). The molecule has 2 aliphatic rings. The van der Waals surface area contributed by atoms with Crippen molar-refractivity contribution in [2.24, 2.45) is 11.8 Å². The van der Waals surface area contributed by atoms with E-state index in [4.69, 9.17) is 0 Å². The molecule has 4 atom stereocenters. The van der Waals surface area contributed by atoms with Gasteiger partial charge in [-0.1, -0.05) is 37.3 Å². The van der Waals surface area contributed by atoms with E-state index in [1.165, 1.54) is 5.56 Å². The zero-order valence-corrected chi connectivity index (χ0v) is 14.7. The Morgan fingerprint density at radius 2 is 2.04 bits per heavy atom. The number of likely N-dealkylation sites (N-methyl/N-ethyl adjacent to an activating group) is 1. The maximum absolute atomic E-state index is 12.8. The van der Waals surface area contributed by atoms with E-state index in [1.807, 2.05) is 11.0 Å². The third kappa shape index (κ3) is 3.73. The fraction of sp³-hybridized carbons (Fsp3) is 0.632. The van der Waals surface area contributed by atoms with Gasteiger partial charge in [0.2, 0.25) is 0 Å². The minimum absolute atomic E-state index is 0.0150. The average molecular weight is 331 g/mol. The molecule has 5 nitrogen and oxygen atoms in total. The summed E-state index contributed by atoms with van der Waals surface area (Å²) in [6.45, 7) is 4.73. The van der Waals surface area contributed by atoms with Gasteiger partial charge in [-0.25, -0.2) is 4.79 Å². The molecule has 2 amide bonds. The van der Waals surface area contributed by atoms with Gasteiger partial charge in [0.1, 0.15) is 0 Å². The van der Waals surface area contributed by atoms with Crippen molar-refractivity contribution in [2.75, 3.05) is 33.3 Å². The second kappa shape index (κ2) is 7.53. The lowest BCUT2D eigenvalue weighted by Crippen LogP contribution is -2.51. The van der Waals surface area contributed by atoms with Crippen molar-refractivity contribution in [2.45, 2.75) is 31.8 Å². The first-order valence-corrected chi connectivity index (χ1v) is 9.00. The number of piperidine rings is 1. The lowest BCUT2D eigenvalue weighted by atomic mass is 9.91. The lowest BCUT2D eigenvalue weighted by molar-refractivity contribution is 0.102. The van der Waals surface area contributed by atoms with E-state index >= 15 is 0 Å². The van der Waals surface area contributed by atoms with Gasteiger partial charge in [-0.2, -0.15) is 0 Å². The standard InChI is InChI=1S/C19H29N3O2/c1-14-10-15(13-23)12-22(11-14)19(24)20-17-8-9-21(2)18(17)16-6-4-3-5-7-16/h3-7,14-15,17-18,23H,8-13H2,1-2H3,(H,20,24). The van der Waals surface area contributed by atoms with Crippen molar-refractivity contribution >= 4 is 6.03 Å². The maximum Gasteiger partial charge on any atom is 0.317 e. The van der Waals surface area contributed by atoms with Crippen molar-refractivity contribution in [3.05, 3.63) is 35.9 Å². The van der Waals surface area contributed by atoms with Crippen LogP contribution in [-0.2, 0) is 0 Å². The van der Waals surface area contributed by atoms with Crippen LogP contribution in [0.5, 0.6) is 0 Å². The van der Waals surface area contributed by atoms with E-state index in [2.05, 4.69) is 48.5 Å². The lowest BCUT2D eigenvalue weighted by Gasteiger charge is -2.37. The average Bonchev–Trinajstić information content (AvgIpc) is 2.95. The van der Waals surface area contributed by atoms with Gasteiger partial charge < -0.3 is 15.3 Å². The molecule has 132 valence electrons. The first-order chi connectivity index (χ1) is 11.6. The molecule has 2 aliphatic heterocycles. The number of amides is 2. The molecule has 4 unspecified atom stereocenters. The number of carbonyl (C=O) groups is 1. The Balaban J connectivity index is 1.67. The van der Waals surface area contributed by atoms with Crippen LogP contribution >= 0.6 is 0 Å². The van der Waals surface area contributed by atoms with E-state index in [1.54, 1.807) is 0 Å². The summed E-state index contributed by atoms with van der Waals surface area (Å²) in [4.78, 5) is 17.0. The number of nitrogens with one attached hydrogen (secondary N) is 1. The minimum Gasteiger partial charge on any atom is -0.396 e. The Labute approximate surface area is 144 Å². The Morgan fingerprint density at radius 3 is 2.75 bits per heavy atom. The summed E-state index contributed by atoms with van der Waals surface area (Å²) in [7, 11) is 2.12. The van der Waals surface area contributed by atoms with Crippen LogP contribution in [0, 0.1) is 11.8 Å². The first kappa shape index (κ1) is 17.2. The zero-order chi connectivity index (χ0) is 17.1. The highest BCUT2D eigenvalue weighted by Crippen LogP contribution is 2.31. The number of benzene rings is 1. The summed E-state index contributed by atoms with van der Waals surface area (Å²) >= 11 is 0. The number of urea groups is 1. The molecule has 0 aromatic heterocycles. The van der Waals surface area contributed by atoms with Crippen LogP contribution in [-0.4, -0.2) is 60.3 Å². The molecule has 2 fully saturated rings. The number of hydrogen-bond acceptors (Lipinski definition) is 3. The summed E-state index contributed by atoms with van der Waals surface area (Å²) in [5.74, 6) is 0.647. The predicted molar refractivity (Wildman–Crippen MR) is 94.7 cm³/mol. The van der Waals surface area contributed by atoms with Crippen LogP contribution in [0.3, 0.4) is 0 Å². The molecule has 0 spiro atoms. The highest BCUT2D eigenvalue weighted by Gasteiger charge is 2.36. The van der Waals surface area contributed by atoms with Gasteiger partial charge in [0, 0.05) is 26.2 Å². The quantitative estimate of drug-likeness (QED) is 0.892. The number of aliphatic hydroxyl groups is 1. The molecule has 5 heteroatoms. The van der Waals surface area contributed by atoms with E-state index < -0.39 is 0 Å². The molecular weight excluding hydrogens is 302 g/mol. The van der Waals surface area contributed by atoms with Gasteiger partial charge >= 0.3 is 6.03 Å². The number of hydrogen-bond donors (Lipinski definition) is 2. The summed E-state index contributed by atoms with van der Waals surface area (Å²) < 4.78 is 0. The molecule has 2 N–H and O–H groups in total.